The van der Waals surface area contributed by atoms with Gasteiger partial charge in [0.2, 0.25) is 0 Å². The number of ether oxygens (including phenoxy) is 6. The zero-order valence-corrected chi connectivity index (χ0v) is 32.9. The molecule has 0 aromatic rings. The highest BCUT2D eigenvalue weighted by Gasteiger charge is 2.53. The number of hydrogen-bond donors (Lipinski definition) is 5. The third-order valence-electron chi connectivity index (χ3n) is 11.8. The van der Waals surface area contributed by atoms with Crippen LogP contribution in [-0.4, -0.2) is 148 Å². The monoisotopic (exact) mass is 733 g/mol. The summed E-state index contributed by atoms with van der Waals surface area (Å²) >= 11 is 0. The zero-order valence-electron chi connectivity index (χ0n) is 32.9. The molecule has 3 aliphatic rings. The molecule has 14 nitrogen and oxygen atoms in total. The lowest BCUT2D eigenvalue weighted by molar-refractivity contribution is -0.318. The molecular weight excluding hydrogens is 666 g/mol. The number of esters is 1. The Labute approximate surface area is 304 Å². The lowest BCUT2D eigenvalue weighted by Crippen LogP contribution is -2.61. The number of carbonyl (C=O) groups excluding carboxylic acids is 2. The van der Waals surface area contributed by atoms with Crippen molar-refractivity contribution >= 4 is 11.8 Å². The Morgan fingerprint density at radius 1 is 0.882 bits per heavy atom. The second kappa shape index (κ2) is 17.0. The average molecular weight is 734 g/mol. The second-order valence-electron chi connectivity index (χ2n) is 16.5. The largest absolute Gasteiger partial charge is 0.459 e. The van der Waals surface area contributed by atoms with Crippen molar-refractivity contribution in [3.8, 4) is 0 Å². The lowest BCUT2D eigenvalue weighted by atomic mass is 9.74. The van der Waals surface area contributed by atoms with Gasteiger partial charge < -0.3 is 58.9 Å². The number of nitrogens with zero attached hydrogens (tertiary/aromatic N) is 1. The molecule has 0 saturated carbocycles. The van der Waals surface area contributed by atoms with Crippen LogP contribution in [-0.2, 0) is 38.0 Å². The molecule has 3 saturated heterocycles. The van der Waals surface area contributed by atoms with Crippen molar-refractivity contribution in [1.82, 2.24) is 4.90 Å². The smallest absolute Gasteiger partial charge is 0.311 e. The summed E-state index contributed by atoms with van der Waals surface area (Å²) in [6.07, 6.45) is -9.71. The Morgan fingerprint density at radius 3 is 2.04 bits per heavy atom. The van der Waals surface area contributed by atoms with Gasteiger partial charge in [-0.15, -0.1) is 0 Å². The normalized spacial score (nSPS) is 49.7. The summed E-state index contributed by atoms with van der Waals surface area (Å²) in [4.78, 5) is 29.8. The van der Waals surface area contributed by atoms with Crippen LogP contribution in [0.2, 0.25) is 0 Å². The van der Waals surface area contributed by atoms with Crippen molar-refractivity contribution in [2.45, 2.75) is 179 Å². The third-order valence-corrected chi connectivity index (χ3v) is 11.8. The SMILES string of the molecule is CC[C@@H]1OC(=O)[C@@H](C)[C@H](O[C@H]2C[C@@](C)(OC)[C@@H](O)[C@H](C)O2)[C@@H](C)[C@H](O[C@@H]2O[C@H](C)C[C@H](N(C)C)[C@H]2O)[C@@](C)(O)C[C@H](C)C(=O)C(C)[C@@H](O)C1(C)O. The number of aliphatic hydroxyl groups is 5. The minimum atomic E-state index is -1.99. The van der Waals surface area contributed by atoms with Gasteiger partial charge in [0.15, 0.2) is 12.6 Å². The van der Waals surface area contributed by atoms with Crippen molar-refractivity contribution in [3.63, 3.8) is 0 Å². The molecule has 0 radical (unpaired) electrons. The fraction of sp³-hybridized carbons (Fsp3) is 0.946. The van der Waals surface area contributed by atoms with Gasteiger partial charge in [0.05, 0.1) is 47.6 Å². The molecule has 3 fully saturated rings. The number of cyclic esters (lactones) is 1. The predicted molar refractivity (Wildman–Crippen MR) is 186 cm³/mol. The van der Waals surface area contributed by atoms with Gasteiger partial charge in [0, 0.05) is 37.3 Å². The van der Waals surface area contributed by atoms with Crippen LogP contribution in [0.3, 0.4) is 0 Å². The van der Waals surface area contributed by atoms with Crippen molar-refractivity contribution < 1.29 is 63.5 Å². The molecule has 3 aliphatic heterocycles. The number of methoxy groups -OCH3 is 1. The first-order valence-corrected chi connectivity index (χ1v) is 18.5. The molecule has 3 heterocycles. The van der Waals surface area contributed by atoms with Crippen LogP contribution in [0.1, 0.15) is 94.9 Å². The number of ketones is 1. The van der Waals surface area contributed by atoms with Gasteiger partial charge in [-0.25, -0.2) is 0 Å². The highest BCUT2D eigenvalue weighted by molar-refractivity contribution is 5.83. The summed E-state index contributed by atoms with van der Waals surface area (Å²) < 4.78 is 37.1. The van der Waals surface area contributed by atoms with E-state index in [9.17, 15) is 35.1 Å². The molecule has 0 aliphatic carbocycles. The van der Waals surface area contributed by atoms with Crippen LogP contribution >= 0.6 is 0 Å². The number of aliphatic hydroxyl groups excluding tert-OH is 3. The van der Waals surface area contributed by atoms with Crippen LogP contribution in [0.5, 0.6) is 0 Å². The van der Waals surface area contributed by atoms with E-state index in [0.29, 0.717) is 6.42 Å². The fourth-order valence-corrected chi connectivity index (χ4v) is 8.41. The van der Waals surface area contributed by atoms with E-state index in [2.05, 4.69) is 0 Å². The van der Waals surface area contributed by atoms with E-state index >= 15 is 0 Å². The Morgan fingerprint density at radius 2 is 1.49 bits per heavy atom. The zero-order chi connectivity index (χ0) is 39.0. The third kappa shape index (κ3) is 9.51. The Hall–Kier alpha value is -1.30. The van der Waals surface area contributed by atoms with E-state index in [1.165, 1.54) is 27.9 Å². The molecule has 51 heavy (non-hydrogen) atoms. The minimum absolute atomic E-state index is 0.0936. The van der Waals surface area contributed by atoms with E-state index in [4.69, 9.17) is 28.4 Å². The molecular formula is C37H67NO13. The van der Waals surface area contributed by atoms with Crippen LogP contribution in [0, 0.1) is 23.7 Å². The van der Waals surface area contributed by atoms with E-state index in [1.54, 1.807) is 41.5 Å². The van der Waals surface area contributed by atoms with Gasteiger partial charge >= 0.3 is 5.97 Å². The van der Waals surface area contributed by atoms with Crippen LogP contribution < -0.4 is 0 Å². The van der Waals surface area contributed by atoms with Gasteiger partial charge in [0.1, 0.15) is 29.7 Å². The number of hydrogen-bond acceptors (Lipinski definition) is 14. The van der Waals surface area contributed by atoms with Gasteiger partial charge in [0.25, 0.3) is 0 Å². The number of rotatable bonds is 7. The molecule has 0 spiro atoms. The van der Waals surface area contributed by atoms with Crippen molar-refractivity contribution in [2.75, 3.05) is 21.2 Å². The Kier molecular flexibility index (Phi) is 14.7. The van der Waals surface area contributed by atoms with Crippen molar-refractivity contribution in [2.24, 2.45) is 23.7 Å². The summed E-state index contributed by atoms with van der Waals surface area (Å²) in [5, 5.41) is 57.6. The molecule has 5 N–H and O–H groups in total. The maximum atomic E-state index is 14.1. The molecule has 0 aromatic carbocycles. The lowest BCUT2D eigenvalue weighted by Gasteiger charge is -2.49. The summed E-state index contributed by atoms with van der Waals surface area (Å²) in [6, 6.07) is -0.324. The summed E-state index contributed by atoms with van der Waals surface area (Å²) in [5.41, 5.74) is -4.84. The number of carbonyl (C=O) groups is 2. The maximum Gasteiger partial charge on any atom is 0.311 e. The molecule has 0 aromatic heterocycles. The molecule has 298 valence electrons. The standard InChI is InChI=1S/C37H67NO13/c1-14-25-37(10,45)30(41)20(4)27(39)18(2)16-35(8,44)32(51-34-28(40)24(38(11)12)15-19(3)47-34)21(5)29(22(6)33(43)49-25)50-26-17-36(9,46-13)31(42)23(7)48-26/h18-26,28-32,34,40-42,44-45H,14-17H2,1-13H3/t18-,19+,20?,21+,22-,23-,24-,25-,26-,28+,29+,30+,31-,32-,34-,35-,36+,37?/m0/s1. The Bertz CT molecular complexity index is 1170. The maximum absolute atomic E-state index is 14.1. The van der Waals surface area contributed by atoms with Gasteiger partial charge in [-0.1, -0.05) is 27.7 Å². The molecule has 14 heteroatoms. The molecule has 0 bridgehead atoms. The van der Waals surface area contributed by atoms with Crippen molar-refractivity contribution in [1.29, 1.82) is 0 Å². The van der Waals surface area contributed by atoms with Crippen molar-refractivity contribution in [3.05, 3.63) is 0 Å². The average Bonchev–Trinajstić information content (AvgIpc) is 3.05. The summed E-state index contributed by atoms with van der Waals surface area (Å²) in [7, 11) is 5.18. The van der Waals surface area contributed by atoms with Crippen LogP contribution in [0.15, 0.2) is 0 Å². The van der Waals surface area contributed by atoms with E-state index in [-0.39, 0.29) is 31.4 Å². The van der Waals surface area contributed by atoms with E-state index in [0.717, 1.165) is 0 Å². The van der Waals surface area contributed by atoms with E-state index < -0.39 is 108 Å². The summed E-state index contributed by atoms with van der Waals surface area (Å²) in [5.74, 6) is -4.98. The summed E-state index contributed by atoms with van der Waals surface area (Å²) in [6.45, 7) is 16.3. The van der Waals surface area contributed by atoms with E-state index in [1.807, 2.05) is 25.9 Å². The first-order valence-electron chi connectivity index (χ1n) is 18.5. The molecule has 0 amide bonds. The van der Waals surface area contributed by atoms with Crippen LogP contribution in [0.25, 0.3) is 0 Å². The molecule has 18 atom stereocenters. The highest BCUT2D eigenvalue weighted by Crippen LogP contribution is 2.40. The predicted octanol–water partition coefficient (Wildman–Crippen LogP) is 1.79. The highest BCUT2D eigenvalue weighted by atomic mass is 16.7. The van der Waals surface area contributed by atoms with Crippen LogP contribution in [0.4, 0.5) is 0 Å². The molecule has 3 rings (SSSR count). The van der Waals surface area contributed by atoms with Gasteiger partial charge in [-0.3, -0.25) is 9.59 Å². The van der Waals surface area contributed by atoms with Gasteiger partial charge in [-0.05, 0) is 74.9 Å². The first kappa shape index (κ1) is 44.1. The second-order valence-corrected chi connectivity index (χ2v) is 16.5. The Balaban J connectivity index is 2.18. The number of Topliss-reactive ketones (excluding diaryl/α,β-unsaturated/α-hetero) is 1. The topological polar surface area (TPSA) is 194 Å². The fourth-order valence-electron chi connectivity index (χ4n) is 8.41. The van der Waals surface area contributed by atoms with Gasteiger partial charge in [-0.2, -0.15) is 0 Å². The minimum Gasteiger partial charge on any atom is -0.459 e. The first-order chi connectivity index (χ1) is 23.4. The number of likely N-dealkylation sites (N-methyl/N-ethyl adjacent to an activating group) is 1. The quantitative estimate of drug-likeness (QED) is 0.238. The molecule has 2 unspecified atom stereocenters.